The molecule has 76 valence electrons. The van der Waals surface area contributed by atoms with Gasteiger partial charge >= 0.3 is 5.97 Å². The number of hydrogen-bond donors (Lipinski definition) is 0. The zero-order valence-electron chi connectivity index (χ0n) is 8.33. The van der Waals surface area contributed by atoms with Gasteiger partial charge in [-0.3, -0.25) is 0 Å². The summed E-state index contributed by atoms with van der Waals surface area (Å²) in [5.41, 5.74) is 0.408. The maximum absolute atomic E-state index is 10.9. The van der Waals surface area contributed by atoms with Crippen molar-refractivity contribution >= 4 is 5.97 Å². The van der Waals surface area contributed by atoms with E-state index in [1.807, 2.05) is 6.92 Å². The van der Waals surface area contributed by atoms with Gasteiger partial charge in [-0.2, -0.15) is 0 Å². The Bertz CT molecular complexity index is 176. The second-order valence-electron chi connectivity index (χ2n) is 2.68. The molecule has 4 heteroatoms. The number of rotatable bonds is 6. The number of hydrogen-bond acceptors (Lipinski definition) is 4. The Kier molecular flexibility index (Phi) is 6.18. The van der Waals surface area contributed by atoms with Crippen molar-refractivity contribution in [3.8, 4) is 0 Å². The summed E-state index contributed by atoms with van der Waals surface area (Å²) in [5, 5.41) is 0. The molecule has 0 fully saturated rings. The molecule has 0 bridgehead atoms. The van der Waals surface area contributed by atoms with E-state index in [1.165, 1.54) is 7.11 Å². The van der Waals surface area contributed by atoms with Crippen LogP contribution in [0, 0.1) is 0 Å². The Balaban J connectivity index is 3.71. The van der Waals surface area contributed by atoms with Crippen molar-refractivity contribution in [2.45, 2.75) is 19.4 Å². The zero-order chi connectivity index (χ0) is 10.3. The highest BCUT2D eigenvalue weighted by Crippen LogP contribution is 2.07. The molecule has 0 saturated carbocycles. The van der Waals surface area contributed by atoms with Crippen LogP contribution in [0.3, 0.4) is 0 Å². The van der Waals surface area contributed by atoms with Crippen LogP contribution in [0.25, 0.3) is 0 Å². The van der Waals surface area contributed by atoms with E-state index in [9.17, 15) is 4.79 Å². The fourth-order valence-corrected chi connectivity index (χ4v) is 0.818. The third-order valence-corrected chi connectivity index (χ3v) is 1.48. The number of carbonyl (C=O) groups excluding carboxylic acids is 1. The van der Waals surface area contributed by atoms with Crippen LogP contribution in [0.2, 0.25) is 0 Å². The summed E-state index contributed by atoms with van der Waals surface area (Å²) >= 11 is 0. The second-order valence-corrected chi connectivity index (χ2v) is 2.68. The summed E-state index contributed by atoms with van der Waals surface area (Å²) in [7, 11) is 2.87. The molecule has 0 aromatic heterocycles. The quantitative estimate of drug-likeness (QED) is 0.356. The van der Waals surface area contributed by atoms with Crippen LogP contribution < -0.4 is 0 Å². The molecule has 0 aliphatic carbocycles. The fourth-order valence-electron chi connectivity index (χ4n) is 0.818. The zero-order valence-corrected chi connectivity index (χ0v) is 8.33. The molecule has 1 atom stereocenters. The summed E-state index contributed by atoms with van der Waals surface area (Å²) in [6.07, 6.45) is 0.363. The smallest absolute Gasteiger partial charge is 0.333 e. The van der Waals surface area contributed by atoms with Gasteiger partial charge in [-0.25, -0.2) is 4.79 Å². The van der Waals surface area contributed by atoms with E-state index in [0.717, 1.165) is 0 Å². The molecule has 0 aliphatic rings. The minimum absolute atomic E-state index is 0.0912. The van der Waals surface area contributed by atoms with E-state index in [-0.39, 0.29) is 12.9 Å². The topological polar surface area (TPSA) is 44.8 Å². The van der Waals surface area contributed by atoms with E-state index in [0.29, 0.717) is 12.0 Å². The van der Waals surface area contributed by atoms with Gasteiger partial charge in [0.05, 0.1) is 13.2 Å². The van der Waals surface area contributed by atoms with E-state index < -0.39 is 5.97 Å². The molecule has 0 N–H and O–H groups in total. The van der Waals surface area contributed by atoms with Crippen molar-refractivity contribution in [2.75, 3.05) is 21.0 Å². The van der Waals surface area contributed by atoms with Crippen molar-refractivity contribution in [3.05, 3.63) is 12.2 Å². The molecule has 0 aliphatic heterocycles. The number of esters is 1. The molecular weight excluding hydrogens is 172 g/mol. The predicted octanol–water partition coefficient (Wildman–Crippen LogP) is 1.11. The van der Waals surface area contributed by atoms with E-state index in [2.05, 4.69) is 11.3 Å². The van der Waals surface area contributed by atoms with Crippen molar-refractivity contribution in [2.24, 2.45) is 0 Å². The van der Waals surface area contributed by atoms with Crippen molar-refractivity contribution in [1.82, 2.24) is 0 Å². The molecule has 0 aromatic carbocycles. The first-order chi connectivity index (χ1) is 6.11. The molecule has 0 rings (SSSR count). The Hall–Kier alpha value is -0.870. The lowest BCUT2D eigenvalue weighted by Crippen LogP contribution is -2.15. The van der Waals surface area contributed by atoms with Crippen LogP contribution in [-0.4, -0.2) is 33.1 Å². The van der Waals surface area contributed by atoms with Gasteiger partial charge in [0, 0.05) is 19.1 Å². The summed E-state index contributed by atoms with van der Waals surface area (Å²) in [6.45, 7) is 5.64. The van der Waals surface area contributed by atoms with Crippen LogP contribution in [0.15, 0.2) is 12.2 Å². The molecular formula is C9H16O4. The van der Waals surface area contributed by atoms with Crippen molar-refractivity contribution in [3.63, 3.8) is 0 Å². The SMILES string of the molecule is C=C(C[C@H](C)OCOC)C(=O)OC. The first-order valence-electron chi connectivity index (χ1n) is 3.98. The molecule has 0 radical (unpaired) electrons. The Labute approximate surface area is 78.5 Å². The maximum atomic E-state index is 10.9. The van der Waals surface area contributed by atoms with Crippen LogP contribution >= 0.6 is 0 Å². The summed E-state index contributed by atoms with van der Waals surface area (Å²) in [4.78, 5) is 10.9. The van der Waals surface area contributed by atoms with Crippen LogP contribution in [0.1, 0.15) is 13.3 Å². The Morgan fingerprint density at radius 1 is 1.46 bits per heavy atom. The fraction of sp³-hybridized carbons (Fsp3) is 0.667. The van der Waals surface area contributed by atoms with Gasteiger partial charge in [0.2, 0.25) is 0 Å². The average Bonchev–Trinajstić information content (AvgIpc) is 2.13. The number of carbonyl (C=O) groups is 1. The minimum Gasteiger partial charge on any atom is -0.466 e. The predicted molar refractivity (Wildman–Crippen MR) is 48.2 cm³/mol. The Morgan fingerprint density at radius 3 is 2.54 bits per heavy atom. The molecule has 0 spiro atoms. The maximum Gasteiger partial charge on any atom is 0.333 e. The highest BCUT2D eigenvalue weighted by Gasteiger charge is 2.11. The third-order valence-electron chi connectivity index (χ3n) is 1.48. The van der Waals surface area contributed by atoms with Crippen LogP contribution in [0.5, 0.6) is 0 Å². The van der Waals surface area contributed by atoms with Gasteiger partial charge in [0.15, 0.2) is 0 Å². The molecule has 0 saturated heterocycles. The van der Waals surface area contributed by atoms with Gasteiger partial charge in [0.25, 0.3) is 0 Å². The highest BCUT2D eigenvalue weighted by molar-refractivity contribution is 5.87. The molecule has 4 nitrogen and oxygen atoms in total. The second kappa shape index (κ2) is 6.62. The normalized spacial score (nSPS) is 12.2. The standard InChI is InChI=1S/C9H16O4/c1-7(9(10)12-4)5-8(2)13-6-11-3/h8H,1,5-6H2,2-4H3/t8-/m0/s1. The van der Waals surface area contributed by atoms with Crippen LogP contribution in [-0.2, 0) is 19.0 Å². The van der Waals surface area contributed by atoms with E-state index in [4.69, 9.17) is 9.47 Å². The molecule has 0 amide bonds. The van der Waals surface area contributed by atoms with Crippen molar-refractivity contribution in [1.29, 1.82) is 0 Å². The van der Waals surface area contributed by atoms with Gasteiger partial charge in [-0.15, -0.1) is 0 Å². The highest BCUT2D eigenvalue weighted by atomic mass is 16.7. The lowest BCUT2D eigenvalue weighted by atomic mass is 10.1. The summed E-state index contributed by atoms with van der Waals surface area (Å²) in [5.74, 6) is -0.395. The summed E-state index contributed by atoms with van der Waals surface area (Å²) < 4.78 is 14.4. The number of methoxy groups -OCH3 is 2. The van der Waals surface area contributed by atoms with Gasteiger partial charge in [-0.1, -0.05) is 6.58 Å². The first-order valence-corrected chi connectivity index (χ1v) is 3.98. The van der Waals surface area contributed by atoms with Gasteiger partial charge in [-0.05, 0) is 6.92 Å². The third kappa shape index (κ3) is 5.38. The lowest BCUT2D eigenvalue weighted by molar-refractivity contribution is -0.137. The summed E-state index contributed by atoms with van der Waals surface area (Å²) in [6, 6.07) is 0. The molecule has 0 aromatic rings. The Morgan fingerprint density at radius 2 is 2.08 bits per heavy atom. The largest absolute Gasteiger partial charge is 0.466 e. The lowest BCUT2D eigenvalue weighted by Gasteiger charge is -2.12. The molecule has 0 heterocycles. The van der Waals surface area contributed by atoms with Gasteiger partial charge < -0.3 is 14.2 Å². The van der Waals surface area contributed by atoms with E-state index in [1.54, 1.807) is 7.11 Å². The average molecular weight is 188 g/mol. The monoisotopic (exact) mass is 188 g/mol. The van der Waals surface area contributed by atoms with Crippen molar-refractivity contribution < 1.29 is 19.0 Å². The minimum atomic E-state index is -0.395. The molecule has 0 unspecified atom stereocenters. The van der Waals surface area contributed by atoms with Crippen LogP contribution in [0.4, 0.5) is 0 Å². The van der Waals surface area contributed by atoms with Gasteiger partial charge in [0.1, 0.15) is 6.79 Å². The molecule has 13 heavy (non-hydrogen) atoms. The number of ether oxygens (including phenoxy) is 3. The first kappa shape index (κ1) is 12.1. The van der Waals surface area contributed by atoms with E-state index >= 15 is 0 Å².